The van der Waals surface area contributed by atoms with Gasteiger partial charge in [0.1, 0.15) is 23.6 Å². The van der Waals surface area contributed by atoms with Crippen molar-refractivity contribution in [2.24, 2.45) is 0 Å². The molecule has 1 amide bonds. The van der Waals surface area contributed by atoms with Gasteiger partial charge in [-0.2, -0.15) is 0 Å². The fraction of sp³-hybridized carbons (Fsp3) is 0.389. The van der Waals surface area contributed by atoms with Crippen LogP contribution in [0.1, 0.15) is 36.2 Å². The quantitative estimate of drug-likeness (QED) is 0.895. The smallest absolute Gasteiger partial charge is 0.272 e. The van der Waals surface area contributed by atoms with E-state index in [-0.39, 0.29) is 5.91 Å². The fourth-order valence-corrected chi connectivity index (χ4v) is 3.07. The summed E-state index contributed by atoms with van der Waals surface area (Å²) < 4.78 is 5.32. The molecule has 0 spiro atoms. The van der Waals surface area contributed by atoms with E-state index in [1.54, 1.807) is 31.4 Å². The van der Waals surface area contributed by atoms with Gasteiger partial charge in [0.25, 0.3) is 5.91 Å². The first-order valence-corrected chi connectivity index (χ1v) is 8.77. The number of carbonyl (C=O) groups is 1. The predicted octanol–water partition coefficient (Wildman–Crippen LogP) is 3.90. The van der Waals surface area contributed by atoms with Gasteiger partial charge in [0.15, 0.2) is 0 Å². The van der Waals surface area contributed by atoms with Crippen LogP contribution in [0.2, 0.25) is 5.02 Å². The highest BCUT2D eigenvalue weighted by Gasteiger charge is 2.19. The Kier molecular flexibility index (Phi) is 5.71. The largest absolute Gasteiger partial charge is 0.495 e. The van der Waals surface area contributed by atoms with Crippen molar-refractivity contribution < 1.29 is 9.53 Å². The van der Waals surface area contributed by atoms with Gasteiger partial charge >= 0.3 is 0 Å². The van der Waals surface area contributed by atoms with Gasteiger partial charge in [-0.15, -0.1) is 0 Å². The lowest BCUT2D eigenvalue weighted by Gasteiger charge is -2.20. The van der Waals surface area contributed by atoms with E-state index in [1.165, 1.54) is 19.2 Å². The molecule has 0 bridgehead atoms. The van der Waals surface area contributed by atoms with E-state index < -0.39 is 0 Å². The second-order valence-corrected chi connectivity index (χ2v) is 6.40. The molecule has 132 valence electrons. The lowest BCUT2D eigenvalue weighted by Crippen LogP contribution is -2.32. The minimum Gasteiger partial charge on any atom is -0.495 e. The number of ether oxygens (including phenoxy) is 1. The summed E-state index contributed by atoms with van der Waals surface area (Å²) in [5, 5.41) is 3.73. The van der Waals surface area contributed by atoms with E-state index in [4.69, 9.17) is 16.3 Å². The monoisotopic (exact) mass is 360 g/mol. The molecule has 25 heavy (non-hydrogen) atoms. The molecule has 1 aliphatic rings. The van der Waals surface area contributed by atoms with Crippen molar-refractivity contribution in [3.05, 3.63) is 41.3 Å². The minimum atomic E-state index is -0.0505. The van der Waals surface area contributed by atoms with Crippen LogP contribution in [0, 0.1) is 0 Å². The highest BCUT2D eigenvalue weighted by Crippen LogP contribution is 2.30. The third kappa shape index (κ3) is 4.39. The summed E-state index contributed by atoms with van der Waals surface area (Å²) in [7, 11) is 1.59. The molecule has 2 aromatic rings. The van der Waals surface area contributed by atoms with Crippen molar-refractivity contribution in [3.8, 4) is 5.75 Å². The van der Waals surface area contributed by atoms with Crippen molar-refractivity contribution in [3.63, 3.8) is 0 Å². The molecule has 1 fully saturated rings. The van der Waals surface area contributed by atoms with E-state index in [1.807, 2.05) is 4.90 Å². The van der Waals surface area contributed by atoms with Crippen LogP contribution in [0.4, 0.5) is 11.5 Å². The van der Waals surface area contributed by atoms with Gasteiger partial charge in [-0.05, 0) is 31.0 Å². The molecular weight excluding hydrogens is 340 g/mol. The Morgan fingerprint density at radius 2 is 1.92 bits per heavy atom. The number of aromatic nitrogens is 2. The molecule has 0 unspecified atom stereocenters. The molecule has 0 aliphatic carbocycles. The van der Waals surface area contributed by atoms with E-state index >= 15 is 0 Å². The number of rotatable bonds is 4. The lowest BCUT2D eigenvalue weighted by atomic mass is 10.2. The van der Waals surface area contributed by atoms with Crippen molar-refractivity contribution in [1.29, 1.82) is 0 Å². The Hall–Kier alpha value is -2.34. The number of nitrogens with one attached hydrogen (secondary N) is 1. The molecule has 1 N–H and O–H groups in total. The summed E-state index contributed by atoms with van der Waals surface area (Å²) in [6.45, 7) is 1.57. The van der Waals surface area contributed by atoms with E-state index in [0.717, 1.165) is 25.9 Å². The number of methoxy groups -OCH3 is 1. The minimum absolute atomic E-state index is 0.0505. The zero-order valence-corrected chi connectivity index (χ0v) is 14.9. The van der Waals surface area contributed by atoms with Crippen molar-refractivity contribution in [1.82, 2.24) is 14.9 Å². The van der Waals surface area contributed by atoms with E-state index in [9.17, 15) is 4.79 Å². The first kappa shape index (κ1) is 17.5. The zero-order chi connectivity index (χ0) is 17.6. The van der Waals surface area contributed by atoms with Gasteiger partial charge in [-0.1, -0.05) is 24.4 Å². The first-order chi connectivity index (χ1) is 12.2. The summed E-state index contributed by atoms with van der Waals surface area (Å²) in [6.07, 6.45) is 5.83. The van der Waals surface area contributed by atoms with E-state index in [0.29, 0.717) is 28.0 Å². The molecule has 6 nitrogen and oxygen atoms in total. The molecular formula is C18H21ClN4O2. The molecule has 7 heteroatoms. The maximum Gasteiger partial charge on any atom is 0.272 e. The second kappa shape index (κ2) is 8.16. The average Bonchev–Trinajstić information content (AvgIpc) is 2.91. The number of carbonyl (C=O) groups excluding carboxylic acids is 1. The molecule has 1 aromatic heterocycles. The van der Waals surface area contributed by atoms with Crippen LogP contribution in [0.25, 0.3) is 0 Å². The summed E-state index contributed by atoms with van der Waals surface area (Å²) in [6, 6.07) is 6.93. The normalized spacial score (nSPS) is 14.7. The van der Waals surface area contributed by atoms with Crippen LogP contribution in [0.5, 0.6) is 5.75 Å². The molecule has 0 radical (unpaired) electrons. The third-order valence-corrected chi connectivity index (χ3v) is 4.44. The Balaban J connectivity index is 1.79. The Morgan fingerprint density at radius 3 is 2.64 bits per heavy atom. The number of halogens is 1. The molecule has 2 heterocycles. The van der Waals surface area contributed by atoms with Crippen LogP contribution in [-0.4, -0.2) is 41.0 Å². The second-order valence-electron chi connectivity index (χ2n) is 5.96. The summed E-state index contributed by atoms with van der Waals surface area (Å²) >= 11 is 6.05. The number of hydrogen-bond donors (Lipinski definition) is 1. The SMILES string of the molecule is COc1ccc(Cl)cc1Nc1cc(C(=O)N2CCCCCC2)ncn1. The average molecular weight is 361 g/mol. The summed E-state index contributed by atoms with van der Waals surface area (Å²) in [5.41, 5.74) is 1.07. The van der Waals surface area contributed by atoms with Crippen molar-refractivity contribution in [2.45, 2.75) is 25.7 Å². The van der Waals surface area contributed by atoms with Crippen LogP contribution < -0.4 is 10.1 Å². The molecule has 0 atom stereocenters. The highest BCUT2D eigenvalue weighted by atomic mass is 35.5. The summed E-state index contributed by atoms with van der Waals surface area (Å²) in [5.74, 6) is 1.11. The number of anilines is 2. The lowest BCUT2D eigenvalue weighted by molar-refractivity contribution is 0.0755. The summed E-state index contributed by atoms with van der Waals surface area (Å²) in [4.78, 5) is 22.9. The third-order valence-electron chi connectivity index (χ3n) is 4.20. The molecule has 3 rings (SSSR count). The highest BCUT2D eigenvalue weighted by molar-refractivity contribution is 6.31. The van der Waals surface area contributed by atoms with Crippen LogP contribution in [-0.2, 0) is 0 Å². The van der Waals surface area contributed by atoms with Gasteiger partial charge < -0.3 is 15.0 Å². The molecule has 0 saturated carbocycles. The Bertz CT molecular complexity index is 746. The Morgan fingerprint density at radius 1 is 1.16 bits per heavy atom. The first-order valence-electron chi connectivity index (χ1n) is 8.39. The van der Waals surface area contributed by atoms with Crippen LogP contribution >= 0.6 is 11.6 Å². The van der Waals surface area contributed by atoms with Gasteiger partial charge in [0.2, 0.25) is 0 Å². The fourth-order valence-electron chi connectivity index (χ4n) is 2.89. The maximum absolute atomic E-state index is 12.7. The number of benzene rings is 1. The van der Waals surface area contributed by atoms with Crippen molar-refractivity contribution in [2.75, 3.05) is 25.5 Å². The zero-order valence-electron chi connectivity index (χ0n) is 14.2. The van der Waals surface area contributed by atoms with Gasteiger partial charge in [-0.3, -0.25) is 4.79 Å². The number of nitrogens with zero attached hydrogens (tertiary/aromatic N) is 3. The standard InChI is InChI=1S/C18H21ClN4O2/c1-25-16-7-6-13(19)10-14(16)22-17-11-15(20-12-21-17)18(24)23-8-4-2-3-5-9-23/h6-7,10-12H,2-5,8-9H2,1H3,(H,20,21,22). The maximum atomic E-state index is 12.7. The molecule has 1 saturated heterocycles. The van der Waals surface area contributed by atoms with Gasteiger partial charge in [0, 0.05) is 24.2 Å². The topological polar surface area (TPSA) is 67.3 Å². The van der Waals surface area contributed by atoms with E-state index in [2.05, 4.69) is 15.3 Å². The predicted molar refractivity (Wildman–Crippen MR) is 97.7 cm³/mol. The number of hydrogen-bond acceptors (Lipinski definition) is 5. The van der Waals surface area contributed by atoms with Gasteiger partial charge in [0.05, 0.1) is 12.8 Å². The van der Waals surface area contributed by atoms with Gasteiger partial charge in [-0.25, -0.2) is 9.97 Å². The van der Waals surface area contributed by atoms with Crippen molar-refractivity contribution >= 4 is 29.0 Å². The molecule has 1 aliphatic heterocycles. The van der Waals surface area contributed by atoms with Crippen LogP contribution in [0.15, 0.2) is 30.6 Å². The Labute approximate surface area is 152 Å². The molecule has 1 aromatic carbocycles. The van der Waals surface area contributed by atoms with Crippen LogP contribution in [0.3, 0.4) is 0 Å². The number of likely N-dealkylation sites (tertiary alicyclic amines) is 1. The number of amides is 1.